The molecule has 5 heteroatoms. The molecule has 2 aromatic rings. The highest BCUT2D eigenvalue weighted by atomic mass is 35.5. The molecular formula is C14H16ClN3S. The van der Waals surface area contributed by atoms with Crippen molar-refractivity contribution in [2.75, 3.05) is 0 Å². The molecule has 0 amide bonds. The first-order chi connectivity index (χ1) is 9.15. The summed E-state index contributed by atoms with van der Waals surface area (Å²) in [4.78, 5) is 8.65. The Morgan fingerprint density at radius 3 is 2.74 bits per heavy atom. The van der Waals surface area contributed by atoms with Crippen molar-refractivity contribution < 1.29 is 0 Å². The van der Waals surface area contributed by atoms with E-state index in [1.54, 1.807) is 6.20 Å². The van der Waals surface area contributed by atoms with E-state index in [1.165, 1.54) is 17.3 Å². The van der Waals surface area contributed by atoms with Crippen LogP contribution in [0.3, 0.4) is 0 Å². The molecule has 0 aliphatic rings. The van der Waals surface area contributed by atoms with Gasteiger partial charge >= 0.3 is 0 Å². The molecular weight excluding hydrogens is 278 g/mol. The molecule has 19 heavy (non-hydrogen) atoms. The van der Waals surface area contributed by atoms with Crippen LogP contribution in [0.15, 0.2) is 46.7 Å². The number of nitrogens with zero attached hydrogens (tertiary/aromatic N) is 2. The number of hydrogen-bond donors (Lipinski definition) is 1. The summed E-state index contributed by atoms with van der Waals surface area (Å²) in [7, 11) is 0. The fraction of sp³-hybridized carbons (Fsp3) is 0.286. The normalized spacial score (nSPS) is 10.9. The van der Waals surface area contributed by atoms with E-state index in [2.05, 4.69) is 35.2 Å². The van der Waals surface area contributed by atoms with E-state index >= 15 is 0 Å². The van der Waals surface area contributed by atoms with Gasteiger partial charge in [0.1, 0.15) is 10.1 Å². The lowest BCUT2D eigenvalue weighted by molar-refractivity contribution is 0.587. The van der Waals surface area contributed by atoms with Gasteiger partial charge in [-0.25, -0.2) is 9.97 Å². The van der Waals surface area contributed by atoms with E-state index in [0.29, 0.717) is 11.1 Å². The van der Waals surface area contributed by atoms with Gasteiger partial charge in [-0.1, -0.05) is 31.5 Å². The summed E-state index contributed by atoms with van der Waals surface area (Å²) in [5.41, 5.74) is 1.17. The summed E-state index contributed by atoms with van der Waals surface area (Å²) in [5, 5.41) is 5.69. The maximum atomic E-state index is 6.07. The highest BCUT2D eigenvalue weighted by molar-refractivity contribution is 7.99. The topological polar surface area (TPSA) is 37.8 Å². The second-order valence-electron chi connectivity index (χ2n) is 4.43. The van der Waals surface area contributed by atoms with Crippen molar-refractivity contribution in [1.82, 2.24) is 15.3 Å². The molecule has 0 fully saturated rings. The molecule has 100 valence electrons. The Bertz CT molecular complexity index is 528. The van der Waals surface area contributed by atoms with Gasteiger partial charge in [0.2, 0.25) is 0 Å². The molecule has 0 radical (unpaired) electrons. The van der Waals surface area contributed by atoms with Gasteiger partial charge in [0, 0.05) is 25.0 Å². The van der Waals surface area contributed by atoms with Gasteiger partial charge in [-0.05, 0) is 35.5 Å². The molecule has 3 nitrogen and oxygen atoms in total. The van der Waals surface area contributed by atoms with E-state index in [1.807, 2.05) is 24.4 Å². The van der Waals surface area contributed by atoms with Crippen molar-refractivity contribution in [3.05, 3.63) is 47.2 Å². The standard InChI is InChI=1S/C14H16ClN3S/c1-10(2)17-8-11-5-6-13(18-9-11)19-14-12(15)4-3-7-16-14/h3-7,9-10,17H,8H2,1-2H3. The fourth-order valence-electron chi connectivity index (χ4n) is 1.44. The van der Waals surface area contributed by atoms with E-state index in [-0.39, 0.29) is 0 Å². The molecule has 0 saturated carbocycles. The van der Waals surface area contributed by atoms with Crippen LogP contribution in [0.4, 0.5) is 0 Å². The summed E-state index contributed by atoms with van der Waals surface area (Å²) in [6.07, 6.45) is 3.61. The molecule has 2 rings (SSSR count). The van der Waals surface area contributed by atoms with Crippen molar-refractivity contribution >= 4 is 23.4 Å². The monoisotopic (exact) mass is 293 g/mol. The van der Waals surface area contributed by atoms with E-state index in [9.17, 15) is 0 Å². The van der Waals surface area contributed by atoms with Crippen molar-refractivity contribution in [3.63, 3.8) is 0 Å². The predicted octanol–water partition coefficient (Wildman–Crippen LogP) is 3.78. The molecule has 0 atom stereocenters. The first-order valence-electron chi connectivity index (χ1n) is 6.12. The van der Waals surface area contributed by atoms with Crippen molar-refractivity contribution in [2.24, 2.45) is 0 Å². The van der Waals surface area contributed by atoms with Gasteiger partial charge in [-0.2, -0.15) is 0 Å². The number of pyridine rings is 2. The number of hydrogen-bond acceptors (Lipinski definition) is 4. The lowest BCUT2D eigenvalue weighted by Crippen LogP contribution is -2.21. The second-order valence-corrected chi connectivity index (χ2v) is 5.85. The average molecular weight is 294 g/mol. The minimum absolute atomic E-state index is 0.473. The zero-order valence-electron chi connectivity index (χ0n) is 10.9. The van der Waals surface area contributed by atoms with Crippen LogP contribution in [-0.4, -0.2) is 16.0 Å². The third-order valence-corrected chi connectivity index (χ3v) is 3.82. The summed E-state index contributed by atoms with van der Waals surface area (Å²) >= 11 is 7.54. The average Bonchev–Trinajstić information content (AvgIpc) is 2.40. The van der Waals surface area contributed by atoms with Crippen LogP contribution in [0.2, 0.25) is 5.02 Å². The van der Waals surface area contributed by atoms with Gasteiger partial charge in [-0.15, -0.1) is 0 Å². The summed E-state index contributed by atoms with van der Waals surface area (Å²) in [6.45, 7) is 5.08. The lowest BCUT2D eigenvalue weighted by atomic mass is 10.2. The number of rotatable bonds is 5. The minimum atomic E-state index is 0.473. The maximum Gasteiger partial charge on any atom is 0.121 e. The first kappa shape index (κ1) is 14.3. The molecule has 2 aromatic heterocycles. The third-order valence-electron chi connectivity index (χ3n) is 2.44. The van der Waals surface area contributed by atoms with Crippen LogP contribution in [-0.2, 0) is 6.54 Å². The molecule has 0 aliphatic carbocycles. The molecule has 2 heterocycles. The van der Waals surface area contributed by atoms with Gasteiger partial charge < -0.3 is 5.32 Å². The molecule has 0 unspecified atom stereocenters. The quantitative estimate of drug-likeness (QED) is 0.910. The highest BCUT2D eigenvalue weighted by Crippen LogP contribution is 2.29. The van der Waals surface area contributed by atoms with Crippen LogP contribution >= 0.6 is 23.4 Å². The fourth-order valence-corrected chi connectivity index (χ4v) is 2.40. The van der Waals surface area contributed by atoms with Gasteiger partial charge in [-0.3, -0.25) is 0 Å². The molecule has 0 aromatic carbocycles. The first-order valence-corrected chi connectivity index (χ1v) is 7.31. The van der Waals surface area contributed by atoms with Crippen LogP contribution in [0.5, 0.6) is 0 Å². The second kappa shape index (κ2) is 6.89. The maximum absolute atomic E-state index is 6.07. The number of nitrogens with one attached hydrogen (secondary N) is 1. The van der Waals surface area contributed by atoms with Crippen LogP contribution in [0.1, 0.15) is 19.4 Å². The molecule has 0 spiro atoms. The third kappa shape index (κ3) is 4.49. The Morgan fingerprint density at radius 2 is 2.11 bits per heavy atom. The number of aromatic nitrogens is 2. The Morgan fingerprint density at radius 1 is 1.26 bits per heavy atom. The molecule has 0 bridgehead atoms. The van der Waals surface area contributed by atoms with Gasteiger partial charge in [0.05, 0.1) is 5.02 Å². The van der Waals surface area contributed by atoms with Crippen LogP contribution < -0.4 is 5.32 Å². The summed E-state index contributed by atoms with van der Waals surface area (Å²) in [5.74, 6) is 0. The van der Waals surface area contributed by atoms with Crippen molar-refractivity contribution in [3.8, 4) is 0 Å². The highest BCUT2D eigenvalue weighted by Gasteiger charge is 2.04. The van der Waals surface area contributed by atoms with Gasteiger partial charge in [0.25, 0.3) is 0 Å². The lowest BCUT2D eigenvalue weighted by Gasteiger charge is -2.08. The molecule has 0 saturated heterocycles. The predicted molar refractivity (Wildman–Crippen MR) is 79.6 cm³/mol. The zero-order valence-corrected chi connectivity index (χ0v) is 12.5. The zero-order chi connectivity index (χ0) is 13.7. The Balaban J connectivity index is 2.01. The molecule has 0 aliphatic heterocycles. The van der Waals surface area contributed by atoms with E-state index in [4.69, 9.17) is 11.6 Å². The molecule has 1 N–H and O–H groups in total. The summed E-state index contributed by atoms with van der Waals surface area (Å²) < 4.78 is 0. The Labute approximate surface area is 122 Å². The van der Waals surface area contributed by atoms with Crippen LogP contribution in [0, 0.1) is 0 Å². The van der Waals surface area contributed by atoms with Crippen LogP contribution in [0.25, 0.3) is 0 Å². The SMILES string of the molecule is CC(C)NCc1ccc(Sc2ncccc2Cl)nc1. The van der Waals surface area contributed by atoms with Crippen molar-refractivity contribution in [2.45, 2.75) is 36.5 Å². The number of halogens is 1. The minimum Gasteiger partial charge on any atom is -0.310 e. The van der Waals surface area contributed by atoms with Gasteiger partial charge in [0.15, 0.2) is 0 Å². The summed E-state index contributed by atoms with van der Waals surface area (Å²) in [6, 6.07) is 8.19. The van der Waals surface area contributed by atoms with E-state index < -0.39 is 0 Å². The largest absolute Gasteiger partial charge is 0.310 e. The van der Waals surface area contributed by atoms with E-state index in [0.717, 1.165) is 16.6 Å². The Hall–Kier alpha value is -1.10. The Kier molecular flexibility index (Phi) is 5.19. The van der Waals surface area contributed by atoms with Crippen molar-refractivity contribution in [1.29, 1.82) is 0 Å². The smallest absolute Gasteiger partial charge is 0.121 e.